The van der Waals surface area contributed by atoms with Gasteiger partial charge in [-0.15, -0.1) is 0 Å². The Hall–Kier alpha value is -3.67. The fourth-order valence-electron chi connectivity index (χ4n) is 4.88. The zero-order valence-electron chi connectivity index (χ0n) is 27.5. The third kappa shape index (κ3) is 12.7. The average Bonchev–Trinajstić information content (AvgIpc) is 2.91. The number of phenolic OH excluding ortho intramolecular Hbond substituents is 1. The number of rotatable bonds is 14. The summed E-state index contributed by atoms with van der Waals surface area (Å²) in [6, 6.07) is 3.17. The fraction of sp³-hybridized carbons (Fsp3) is 0.559. The molecule has 1 aromatic carbocycles. The number of esters is 3. The van der Waals surface area contributed by atoms with Gasteiger partial charge in [0.1, 0.15) is 24.2 Å². The standard InChI is InChI=1S/C34H48O11/c1-19(2)14-27(38)15-21(4)11-9-10-20(3)12-13-26-17-28(39)22(5)16-29(26)44-34-31(40)33(43-25(8)37)32(42-24(7)36)30(45-34)18-41-23(6)35/h11-12,14,16-17,27,30-34,38-40H,9-10,13,15,18H2,1-8H3/b20-12+,21-11+/t27-,30+,31+,32-,33+,34?/m0/s1. The van der Waals surface area contributed by atoms with E-state index in [1.165, 1.54) is 6.92 Å². The quantitative estimate of drug-likeness (QED) is 0.150. The molecule has 2 rings (SSSR count). The van der Waals surface area contributed by atoms with Crippen LogP contribution in [-0.4, -0.2) is 76.6 Å². The number of aliphatic hydroxyl groups excluding tert-OH is 2. The van der Waals surface area contributed by atoms with Gasteiger partial charge < -0.3 is 39.0 Å². The molecule has 11 nitrogen and oxygen atoms in total. The van der Waals surface area contributed by atoms with Crippen molar-refractivity contribution in [3.05, 3.63) is 58.2 Å². The molecule has 1 unspecified atom stereocenters. The van der Waals surface area contributed by atoms with Gasteiger partial charge in [-0.1, -0.05) is 34.9 Å². The highest BCUT2D eigenvalue weighted by atomic mass is 16.7. The number of aliphatic hydroxyl groups is 2. The van der Waals surface area contributed by atoms with Crippen LogP contribution in [-0.2, 0) is 39.8 Å². The summed E-state index contributed by atoms with van der Waals surface area (Å²) in [5, 5.41) is 31.8. The van der Waals surface area contributed by atoms with Crippen LogP contribution < -0.4 is 4.74 Å². The molecule has 3 N–H and O–H groups in total. The Kier molecular flexibility index (Phi) is 14.8. The first-order chi connectivity index (χ1) is 21.1. The summed E-state index contributed by atoms with van der Waals surface area (Å²) < 4.78 is 27.8. The molecule has 1 aromatic rings. The van der Waals surface area contributed by atoms with Crippen LogP contribution in [0.4, 0.5) is 0 Å². The maximum atomic E-state index is 11.9. The number of allylic oxidation sites excluding steroid dienone is 4. The van der Waals surface area contributed by atoms with E-state index in [2.05, 4.69) is 6.08 Å². The van der Waals surface area contributed by atoms with Crippen LogP contribution in [0, 0.1) is 6.92 Å². The van der Waals surface area contributed by atoms with E-state index in [9.17, 15) is 29.7 Å². The summed E-state index contributed by atoms with van der Waals surface area (Å²) in [6.45, 7) is 12.7. The van der Waals surface area contributed by atoms with E-state index in [1.54, 1.807) is 19.1 Å². The molecule has 1 aliphatic rings. The highest BCUT2D eigenvalue weighted by Crippen LogP contribution is 2.33. The lowest BCUT2D eigenvalue weighted by molar-refractivity contribution is -0.285. The SMILES string of the molecule is CC(=O)OC[C@H]1OC(Oc2cc(C)c(O)cc2C/C=C(\C)CC/C=C(\C)C[C@@H](O)C=C(C)C)[C@H](O)[C@@H](OC(C)=O)[C@H]1OC(C)=O. The molecule has 0 radical (unpaired) electrons. The van der Waals surface area contributed by atoms with E-state index in [0.29, 0.717) is 29.7 Å². The number of hydrogen-bond donors (Lipinski definition) is 3. The maximum Gasteiger partial charge on any atom is 0.303 e. The minimum Gasteiger partial charge on any atom is -0.508 e. The summed E-state index contributed by atoms with van der Waals surface area (Å²) in [7, 11) is 0. The van der Waals surface area contributed by atoms with Crippen LogP contribution in [0.15, 0.2) is 47.1 Å². The summed E-state index contributed by atoms with van der Waals surface area (Å²) >= 11 is 0. The molecule has 45 heavy (non-hydrogen) atoms. The zero-order valence-corrected chi connectivity index (χ0v) is 27.5. The molecule has 0 amide bonds. The molecule has 0 bridgehead atoms. The van der Waals surface area contributed by atoms with Gasteiger partial charge in [0.05, 0.1) is 6.10 Å². The number of carbonyl (C=O) groups excluding carboxylic acids is 3. The topological polar surface area (TPSA) is 158 Å². The van der Waals surface area contributed by atoms with E-state index in [4.69, 9.17) is 23.7 Å². The summed E-state index contributed by atoms with van der Waals surface area (Å²) in [5.74, 6) is -1.70. The molecule has 1 fully saturated rings. The number of phenols is 1. The van der Waals surface area contributed by atoms with Gasteiger partial charge in [-0.05, 0) is 78.0 Å². The number of aromatic hydroxyl groups is 1. The molecule has 1 heterocycles. The van der Waals surface area contributed by atoms with E-state index in [-0.39, 0.29) is 12.4 Å². The molecule has 1 aliphatic heterocycles. The van der Waals surface area contributed by atoms with E-state index < -0.39 is 54.7 Å². The number of benzene rings is 1. The normalized spacial score (nSPS) is 22.7. The molecule has 1 saturated heterocycles. The minimum absolute atomic E-state index is 0.0578. The van der Waals surface area contributed by atoms with E-state index in [0.717, 1.165) is 43.4 Å². The smallest absolute Gasteiger partial charge is 0.303 e. The Morgan fingerprint density at radius 3 is 2.18 bits per heavy atom. The van der Waals surface area contributed by atoms with Crippen molar-refractivity contribution in [2.45, 2.75) is 118 Å². The first-order valence-electron chi connectivity index (χ1n) is 15.0. The Labute approximate surface area is 265 Å². The van der Waals surface area contributed by atoms with Crippen LogP contribution in [0.5, 0.6) is 11.5 Å². The van der Waals surface area contributed by atoms with Gasteiger partial charge in [0.25, 0.3) is 0 Å². The van der Waals surface area contributed by atoms with Gasteiger partial charge in [-0.25, -0.2) is 0 Å². The first-order valence-corrected chi connectivity index (χ1v) is 15.0. The Bertz CT molecular complexity index is 1270. The largest absolute Gasteiger partial charge is 0.508 e. The second-order valence-electron chi connectivity index (χ2n) is 11.7. The van der Waals surface area contributed by atoms with Crippen molar-refractivity contribution in [2.24, 2.45) is 0 Å². The summed E-state index contributed by atoms with van der Waals surface area (Å²) in [4.78, 5) is 35.3. The van der Waals surface area contributed by atoms with Crippen LogP contribution in [0.3, 0.4) is 0 Å². The third-order valence-electron chi connectivity index (χ3n) is 7.05. The second kappa shape index (κ2) is 17.7. The summed E-state index contributed by atoms with van der Waals surface area (Å²) in [5.41, 5.74) is 4.40. The van der Waals surface area contributed by atoms with Gasteiger partial charge in [0.15, 0.2) is 18.3 Å². The molecule has 0 saturated carbocycles. The lowest BCUT2D eigenvalue weighted by Gasteiger charge is -2.42. The highest BCUT2D eigenvalue weighted by Gasteiger charge is 2.51. The van der Waals surface area contributed by atoms with Crippen LogP contribution >= 0.6 is 0 Å². The van der Waals surface area contributed by atoms with Gasteiger partial charge in [-0.2, -0.15) is 0 Å². The highest BCUT2D eigenvalue weighted by molar-refractivity contribution is 5.68. The number of aryl methyl sites for hydroxylation is 1. The van der Waals surface area contributed by atoms with Crippen molar-refractivity contribution in [1.82, 2.24) is 0 Å². The zero-order chi connectivity index (χ0) is 33.8. The molecule has 0 aromatic heterocycles. The third-order valence-corrected chi connectivity index (χ3v) is 7.05. The van der Waals surface area contributed by atoms with Crippen molar-refractivity contribution < 1.29 is 53.4 Å². The molecular formula is C34H48O11. The van der Waals surface area contributed by atoms with Crippen molar-refractivity contribution in [1.29, 1.82) is 0 Å². The number of ether oxygens (including phenoxy) is 5. The van der Waals surface area contributed by atoms with Gasteiger partial charge >= 0.3 is 17.9 Å². The monoisotopic (exact) mass is 632 g/mol. The van der Waals surface area contributed by atoms with Crippen molar-refractivity contribution in [3.63, 3.8) is 0 Å². The Morgan fingerprint density at radius 2 is 1.58 bits per heavy atom. The predicted octanol–water partition coefficient (Wildman–Crippen LogP) is 4.52. The molecule has 0 spiro atoms. The lowest BCUT2D eigenvalue weighted by Crippen LogP contribution is -2.62. The molecule has 0 aliphatic carbocycles. The number of carbonyl (C=O) groups is 3. The van der Waals surface area contributed by atoms with E-state index in [1.807, 2.05) is 39.8 Å². The summed E-state index contributed by atoms with van der Waals surface area (Å²) in [6.07, 6.45) is 1.23. The van der Waals surface area contributed by atoms with Crippen LogP contribution in [0.2, 0.25) is 0 Å². The molecule has 11 heteroatoms. The lowest BCUT2D eigenvalue weighted by atomic mass is 9.98. The van der Waals surface area contributed by atoms with Gasteiger partial charge in [0.2, 0.25) is 6.29 Å². The number of hydrogen-bond acceptors (Lipinski definition) is 11. The molecular weight excluding hydrogens is 584 g/mol. The maximum absolute atomic E-state index is 11.9. The van der Waals surface area contributed by atoms with Crippen molar-refractivity contribution in [2.75, 3.05) is 6.61 Å². The second-order valence-corrected chi connectivity index (χ2v) is 11.7. The predicted molar refractivity (Wildman–Crippen MR) is 166 cm³/mol. The van der Waals surface area contributed by atoms with Crippen LogP contribution in [0.25, 0.3) is 0 Å². The van der Waals surface area contributed by atoms with Crippen molar-refractivity contribution >= 4 is 17.9 Å². The van der Waals surface area contributed by atoms with E-state index >= 15 is 0 Å². The Balaban J connectivity index is 2.27. The molecule has 250 valence electrons. The molecule has 6 atom stereocenters. The fourth-order valence-corrected chi connectivity index (χ4v) is 4.88. The minimum atomic E-state index is -1.59. The Morgan fingerprint density at radius 1 is 0.933 bits per heavy atom. The van der Waals surface area contributed by atoms with Crippen LogP contribution in [0.1, 0.15) is 78.9 Å². The van der Waals surface area contributed by atoms with Gasteiger partial charge in [0, 0.05) is 26.3 Å². The first kappa shape index (κ1) is 37.5. The average molecular weight is 633 g/mol. The van der Waals surface area contributed by atoms with Gasteiger partial charge in [-0.3, -0.25) is 14.4 Å². The van der Waals surface area contributed by atoms with Crippen molar-refractivity contribution in [3.8, 4) is 11.5 Å².